The molecule has 0 saturated carbocycles. The molecule has 1 amide bonds. The Kier molecular flexibility index (Phi) is 6.51. The fraction of sp³-hybridized carbons (Fsp3) is 0.316. The van der Waals surface area contributed by atoms with Gasteiger partial charge in [0.2, 0.25) is 0 Å². The van der Waals surface area contributed by atoms with E-state index in [1.807, 2.05) is 31.2 Å². The van der Waals surface area contributed by atoms with Crippen LogP contribution in [0.2, 0.25) is 0 Å². The van der Waals surface area contributed by atoms with Crippen molar-refractivity contribution in [2.75, 3.05) is 13.2 Å². The van der Waals surface area contributed by atoms with E-state index < -0.39 is 4.92 Å². The van der Waals surface area contributed by atoms with Crippen molar-refractivity contribution < 1.29 is 14.5 Å². The molecule has 1 N–H and O–H groups in total. The molecule has 0 heterocycles. The van der Waals surface area contributed by atoms with Gasteiger partial charge in [0.25, 0.3) is 11.6 Å². The second-order valence-corrected chi connectivity index (χ2v) is 5.61. The van der Waals surface area contributed by atoms with Crippen LogP contribution in [0, 0.1) is 17.0 Å². The molecular formula is C19H22N2O4. The molecule has 6 nitrogen and oxygen atoms in total. The molecule has 0 unspecified atom stereocenters. The minimum atomic E-state index is -0.475. The first-order valence-electron chi connectivity index (χ1n) is 8.27. The summed E-state index contributed by atoms with van der Waals surface area (Å²) in [6, 6.07) is 12.4. The highest BCUT2D eigenvalue weighted by atomic mass is 16.6. The summed E-state index contributed by atoms with van der Waals surface area (Å²) >= 11 is 0. The standard InChI is InChI=1S/C19H22N2O4/c1-3-25-18-12-5-4-8-15(18)9-7-13-20-19(22)16-10-6-11-17(14(16)2)21(23)24/h4-6,8,10-12H,3,7,9,13H2,1-2H3,(H,20,22). The van der Waals surface area contributed by atoms with E-state index in [9.17, 15) is 14.9 Å². The van der Waals surface area contributed by atoms with Gasteiger partial charge in [-0.05, 0) is 44.4 Å². The summed E-state index contributed by atoms with van der Waals surface area (Å²) in [7, 11) is 0. The first-order valence-corrected chi connectivity index (χ1v) is 8.27. The maximum absolute atomic E-state index is 12.3. The molecular weight excluding hydrogens is 320 g/mol. The van der Waals surface area contributed by atoms with Crippen LogP contribution < -0.4 is 10.1 Å². The molecule has 0 fully saturated rings. The SMILES string of the molecule is CCOc1ccccc1CCCNC(=O)c1cccc([N+](=O)[O-])c1C. The van der Waals surface area contributed by atoms with Crippen LogP contribution in [0.25, 0.3) is 0 Å². The van der Waals surface area contributed by atoms with Crippen LogP contribution in [0.4, 0.5) is 5.69 Å². The minimum Gasteiger partial charge on any atom is -0.494 e. The third-order valence-corrected chi connectivity index (χ3v) is 3.93. The number of rotatable bonds is 8. The van der Waals surface area contributed by atoms with Gasteiger partial charge in [-0.15, -0.1) is 0 Å². The van der Waals surface area contributed by atoms with Crippen LogP contribution in [0.5, 0.6) is 5.75 Å². The van der Waals surface area contributed by atoms with Gasteiger partial charge in [-0.2, -0.15) is 0 Å². The van der Waals surface area contributed by atoms with Gasteiger partial charge in [0, 0.05) is 23.7 Å². The lowest BCUT2D eigenvalue weighted by Gasteiger charge is -2.11. The Morgan fingerprint density at radius 1 is 1.20 bits per heavy atom. The third kappa shape index (κ3) is 4.79. The van der Waals surface area contributed by atoms with Gasteiger partial charge in [0.1, 0.15) is 5.75 Å². The second-order valence-electron chi connectivity index (χ2n) is 5.61. The van der Waals surface area contributed by atoms with Gasteiger partial charge in [0.15, 0.2) is 0 Å². The molecule has 0 aromatic heterocycles. The molecule has 132 valence electrons. The van der Waals surface area contributed by atoms with Gasteiger partial charge in [0.05, 0.1) is 11.5 Å². The number of nitrogens with zero attached hydrogens (tertiary/aromatic N) is 1. The Morgan fingerprint density at radius 3 is 2.68 bits per heavy atom. The maximum Gasteiger partial charge on any atom is 0.273 e. The topological polar surface area (TPSA) is 81.5 Å². The number of carbonyl (C=O) groups is 1. The number of carbonyl (C=O) groups excluding carboxylic acids is 1. The minimum absolute atomic E-state index is 0.0432. The molecule has 0 aliphatic heterocycles. The first-order chi connectivity index (χ1) is 12.0. The molecule has 25 heavy (non-hydrogen) atoms. The van der Waals surface area contributed by atoms with Gasteiger partial charge in [-0.25, -0.2) is 0 Å². The van der Waals surface area contributed by atoms with E-state index in [2.05, 4.69) is 5.32 Å². The van der Waals surface area contributed by atoms with Gasteiger partial charge in [-0.3, -0.25) is 14.9 Å². The van der Waals surface area contributed by atoms with E-state index in [0.717, 1.165) is 24.2 Å². The molecule has 0 aliphatic carbocycles. The highest BCUT2D eigenvalue weighted by molar-refractivity contribution is 5.96. The predicted molar refractivity (Wildman–Crippen MR) is 96.1 cm³/mol. The van der Waals surface area contributed by atoms with Crippen molar-refractivity contribution >= 4 is 11.6 Å². The van der Waals surface area contributed by atoms with Crippen molar-refractivity contribution in [3.8, 4) is 5.75 Å². The fourth-order valence-electron chi connectivity index (χ4n) is 2.65. The Labute approximate surface area is 147 Å². The predicted octanol–water partition coefficient (Wildman–Crippen LogP) is 3.66. The summed E-state index contributed by atoms with van der Waals surface area (Å²) in [4.78, 5) is 22.7. The summed E-state index contributed by atoms with van der Waals surface area (Å²) in [6.07, 6.45) is 1.54. The number of amides is 1. The van der Waals surface area contributed by atoms with Crippen LogP contribution in [0.3, 0.4) is 0 Å². The first kappa shape index (κ1) is 18.4. The zero-order chi connectivity index (χ0) is 18.2. The number of benzene rings is 2. The molecule has 6 heteroatoms. The molecule has 0 bridgehead atoms. The average molecular weight is 342 g/mol. The lowest BCUT2D eigenvalue weighted by atomic mass is 10.1. The van der Waals surface area contributed by atoms with Crippen molar-refractivity contribution in [3.63, 3.8) is 0 Å². The molecule has 0 atom stereocenters. The number of hydrogen-bond acceptors (Lipinski definition) is 4. The van der Waals surface area contributed by atoms with Crippen LogP contribution in [0.15, 0.2) is 42.5 Å². The van der Waals surface area contributed by atoms with Crippen molar-refractivity contribution in [2.45, 2.75) is 26.7 Å². The van der Waals surface area contributed by atoms with E-state index in [1.54, 1.807) is 13.0 Å². The largest absolute Gasteiger partial charge is 0.494 e. The maximum atomic E-state index is 12.3. The van der Waals surface area contributed by atoms with Crippen molar-refractivity contribution in [1.82, 2.24) is 5.32 Å². The van der Waals surface area contributed by atoms with Crippen LogP contribution in [-0.4, -0.2) is 24.0 Å². The van der Waals surface area contributed by atoms with E-state index in [-0.39, 0.29) is 11.6 Å². The highest BCUT2D eigenvalue weighted by Crippen LogP contribution is 2.21. The Bertz CT molecular complexity index is 759. The summed E-state index contributed by atoms with van der Waals surface area (Å²) in [5, 5.41) is 13.8. The van der Waals surface area contributed by atoms with Crippen molar-refractivity contribution in [3.05, 3.63) is 69.3 Å². The molecule has 0 aliphatic rings. The number of nitrogens with one attached hydrogen (secondary N) is 1. The second kappa shape index (κ2) is 8.82. The monoisotopic (exact) mass is 342 g/mol. The summed E-state index contributed by atoms with van der Waals surface area (Å²) in [6.45, 7) is 4.63. The van der Waals surface area contributed by atoms with E-state index >= 15 is 0 Å². The number of ether oxygens (including phenoxy) is 1. The van der Waals surface area contributed by atoms with E-state index in [4.69, 9.17) is 4.74 Å². The third-order valence-electron chi connectivity index (χ3n) is 3.93. The summed E-state index contributed by atoms with van der Waals surface area (Å²) < 4.78 is 5.58. The number of para-hydroxylation sites is 1. The Balaban J connectivity index is 1.92. The number of nitro groups is 1. The van der Waals surface area contributed by atoms with Gasteiger partial charge >= 0.3 is 0 Å². The smallest absolute Gasteiger partial charge is 0.273 e. The molecule has 2 rings (SSSR count). The van der Waals surface area contributed by atoms with E-state index in [0.29, 0.717) is 24.3 Å². The zero-order valence-corrected chi connectivity index (χ0v) is 14.5. The van der Waals surface area contributed by atoms with Crippen LogP contribution in [-0.2, 0) is 6.42 Å². The molecule has 0 radical (unpaired) electrons. The molecule has 2 aromatic carbocycles. The highest BCUT2D eigenvalue weighted by Gasteiger charge is 2.17. The molecule has 0 spiro atoms. The lowest BCUT2D eigenvalue weighted by Crippen LogP contribution is -2.25. The lowest BCUT2D eigenvalue weighted by molar-refractivity contribution is -0.385. The molecule has 0 saturated heterocycles. The zero-order valence-electron chi connectivity index (χ0n) is 14.5. The van der Waals surface area contributed by atoms with Crippen molar-refractivity contribution in [1.29, 1.82) is 0 Å². The Hall–Kier alpha value is -2.89. The van der Waals surface area contributed by atoms with Crippen LogP contribution >= 0.6 is 0 Å². The number of hydrogen-bond donors (Lipinski definition) is 1. The number of aryl methyl sites for hydroxylation is 1. The van der Waals surface area contributed by atoms with Crippen LogP contribution in [0.1, 0.15) is 34.8 Å². The normalized spacial score (nSPS) is 10.3. The van der Waals surface area contributed by atoms with Gasteiger partial charge in [-0.1, -0.05) is 24.3 Å². The Morgan fingerprint density at radius 2 is 1.96 bits per heavy atom. The summed E-state index contributed by atoms with van der Waals surface area (Å²) in [5.41, 5.74) is 1.78. The summed E-state index contributed by atoms with van der Waals surface area (Å²) in [5.74, 6) is 0.574. The number of nitro benzene ring substituents is 1. The average Bonchev–Trinajstić information content (AvgIpc) is 2.60. The fourth-order valence-corrected chi connectivity index (χ4v) is 2.65. The quantitative estimate of drug-likeness (QED) is 0.451. The van der Waals surface area contributed by atoms with Crippen molar-refractivity contribution in [2.24, 2.45) is 0 Å². The molecule has 2 aromatic rings. The van der Waals surface area contributed by atoms with Gasteiger partial charge < -0.3 is 10.1 Å². The van der Waals surface area contributed by atoms with E-state index in [1.165, 1.54) is 12.1 Å².